The van der Waals surface area contributed by atoms with E-state index in [1.54, 1.807) is 19.2 Å². The van der Waals surface area contributed by atoms with Gasteiger partial charge >= 0.3 is 0 Å². The van der Waals surface area contributed by atoms with Gasteiger partial charge < -0.3 is 10.3 Å². The summed E-state index contributed by atoms with van der Waals surface area (Å²) in [5.41, 5.74) is 7.61. The Balaban J connectivity index is 2.60. The monoisotopic (exact) mass is 219 g/mol. The highest BCUT2D eigenvalue weighted by Crippen LogP contribution is 2.22. The first-order chi connectivity index (χ1) is 7.63. The number of aryl methyl sites for hydroxylation is 2. The molecule has 4 heteroatoms. The lowest BCUT2D eigenvalue weighted by atomic mass is 10.1. The van der Waals surface area contributed by atoms with E-state index in [-0.39, 0.29) is 5.82 Å². The lowest BCUT2D eigenvalue weighted by Crippen LogP contribution is -2.04. The number of nitrogen functional groups attached to an aromatic ring is 1. The molecule has 0 fully saturated rings. The first kappa shape index (κ1) is 10.7. The topological polar surface area (TPSA) is 43.8 Å². The summed E-state index contributed by atoms with van der Waals surface area (Å²) in [5, 5.41) is 0. The van der Waals surface area contributed by atoms with Gasteiger partial charge in [0.05, 0.1) is 11.4 Å². The van der Waals surface area contributed by atoms with Gasteiger partial charge in [-0.3, -0.25) is 0 Å². The normalized spacial score (nSPS) is 10.7. The first-order valence-electron chi connectivity index (χ1n) is 5.21. The molecular formula is C12H14FN3. The van der Waals surface area contributed by atoms with Gasteiger partial charge in [0.1, 0.15) is 11.6 Å². The van der Waals surface area contributed by atoms with Gasteiger partial charge in [-0.2, -0.15) is 0 Å². The van der Waals surface area contributed by atoms with Gasteiger partial charge in [-0.05, 0) is 24.6 Å². The largest absolute Gasteiger partial charge is 0.397 e. The Bertz CT molecular complexity index is 517. The number of anilines is 1. The van der Waals surface area contributed by atoms with Crippen LogP contribution in [0.25, 0.3) is 5.69 Å². The molecule has 2 rings (SSSR count). The van der Waals surface area contributed by atoms with Gasteiger partial charge in [-0.25, -0.2) is 9.37 Å². The average molecular weight is 219 g/mol. The summed E-state index contributed by atoms with van der Waals surface area (Å²) in [7, 11) is 0. The zero-order valence-electron chi connectivity index (χ0n) is 9.37. The van der Waals surface area contributed by atoms with Crippen molar-refractivity contribution in [3.8, 4) is 5.69 Å². The maximum atomic E-state index is 13.3. The SMILES string of the molecule is CCc1nccn1-c1cc(C)c(F)cc1N. The molecule has 0 amide bonds. The molecule has 1 heterocycles. The molecule has 0 aliphatic heterocycles. The minimum Gasteiger partial charge on any atom is -0.397 e. The van der Waals surface area contributed by atoms with Crippen molar-refractivity contribution in [2.24, 2.45) is 0 Å². The molecule has 0 spiro atoms. The molecule has 0 aliphatic rings. The number of imidazole rings is 1. The molecule has 1 aromatic heterocycles. The van der Waals surface area contributed by atoms with Crippen LogP contribution in [0.4, 0.5) is 10.1 Å². The molecule has 0 unspecified atom stereocenters. The third-order valence-corrected chi connectivity index (χ3v) is 2.60. The van der Waals surface area contributed by atoms with Crippen molar-refractivity contribution in [1.82, 2.24) is 9.55 Å². The molecule has 0 saturated heterocycles. The zero-order chi connectivity index (χ0) is 11.7. The molecule has 2 N–H and O–H groups in total. The fourth-order valence-electron chi connectivity index (χ4n) is 1.71. The second-order valence-corrected chi connectivity index (χ2v) is 3.73. The quantitative estimate of drug-likeness (QED) is 0.788. The van der Waals surface area contributed by atoms with Gasteiger partial charge in [0.2, 0.25) is 0 Å². The van der Waals surface area contributed by atoms with E-state index in [0.717, 1.165) is 17.9 Å². The third kappa shape index (κ3) is 1.66. The predicted molar refractivity (Wildman–Crippen MR) is 62.0 cm³/mol. The van der Waals surface area contributed by atoms with Crippen LogP contribution in [0.3, 0.4) is 0 Å². The van der Waals surface area contributed by atoms with E-state index in [4.69, 9.17) is 5.73 Å². The number of nitrogens with zero attached hydrogens (tertiary/aromatic N) is 2. The molecule has 3 nitrogen and oxygen atoms in total. The van der Waals surface area contributed by atoms with Crippen molar-refractivity contribution in [3.05, 3.63) is 41.7 Å². The van der Waals surface area contributed by atoms with Crippen LogP contribution in [0.15, 0.2) is 24.5 Å². The van der Waals surface area contributed by atoms with Crippen LogP contribution < -0.4 is 5.73 Å². The van der Waals surface area contributed by atoms with E-state index in [1.807, 2.05) is 17.7 Å². The summed E-state index contributed by atoms with van der Waals surface area (Å²) < 4.78 is 15.2. The van der Waals surface area contributed by atoms with Crippen molar-refractivity contribution in [3.63, 3.8) is 0 Å². The van der Waals surface area contributed by atoms with Crippen LogP contribution in [0, 0.1) is 12.7 Å². The van der Waals surface area contributed by atoms with Crippen LogP contribution in [-0.4, -0.2) is 9.55 Å². The smallest absolute Gasteiger partial charge is 0.128 e. The molecule has 0 atom stereocenters. The Morgan fingerprint density at radius 1 is 1.44 bits per heavy atom. The minimum absolute atomic E-state index is 0.278. The Kier molecular flexibility index (Phi) is 2.64. The minimum atomic E-state index is -0.278. The fourth-order valence-corrected chi connectivity index (χ4v) is 1.71. The van der Waals surface area contributed by atoms with E-state index in [1.165, 1.54) is 6.07 Å². The van der Waals surface area contributed by atoms with E-state index in [9.17, 15) is 4.39 Å². The standard InChI is InChI=1S/C12H14FN3/c1-3-12-15-4-5-16(12)11-6-8(2)9(13)7-10(11)14/h4-7H,3,14H2,1-2H3. The van der Waals surface area contributed by atoms with Gasteiger partial charge in [0.15, 0.2) is 0 Å². The van der Waals surface area contributed by atoms with Crippen molar-refractivity contribution < 1.29 is 4.39 Å². The molecule has 0 saturated carbocycles. The summed E-state index contributed by atoms with van der Waals surface area (Å²) in [6.45, 7) is 3.74. The van der Waals surface area contributed by atoms with Gasteiger partial charge in [0.25, 0.3) is 0 Å². The van der Waals surface area contributed by atoms with E-state index >= 15 is 0 Å². The van der Waals surface area contributed by atoms with Crippen LogP contribution in [0.5, 0.6) is 0 Å². The Morgan fingerprint density at radius 2 is 2.19 bits per heavy atom. The molecule has 2 aromatic rings. The average Bonchev–Trinajstić information content (AvgIpc) is 2.71. The van der Waals surface area contributed by atoms with Gasteiger partial charge in [0, 0.05) is 18.8 Å². The molecular weight excluding hydrogens is 205 g/mol. The summed E-state index contributed by atoms with van der Waals surface area (Å²) in [4.78, 5) is 4.22. The number of benzene rings is 1. The lowest BCUT2D eigenvalue weighted by molar-refractivity contribution is 0.618. The third-order valence-electron chi connectivity index (χ3n) is 2.60. The molecule has 0 bridgehead atoms. The number of aromatic nitrogens is 2. The summed E-state index contributed by atoms with van der Waals surface area (Å²) in [6.07, 6.45) is 4.36. The van der Waals surface area contributed by atoms with Crippen LogP contribution in [0.1, 0.15) is 18.3 Å². The van der Waals surface area contributed by atoms with Crippen LogP contribution in [-0.2, 0) is 6.42 Å². The van der Waals surface area contributed by atoms with Crippen LogP contribution in [0.2, 0.25) is 0 Å². The maximum Gasteiger partial charge on any atom is 0.128 e. The molecule has 84 valence electrons. The lowest BCUT2D eigenvalue weighted by Gasteiger charge is -2.11. The summed E-state index contributed by atoms with van der Waals surface area (Å²) in [6, 6.07) is 3.09. The van der Waals surface area contributed by atoms with Gasteiger partial charge in [-0.1, -0.05) is 6.92 Å². The molecule has 0 aliphatic carbocycles. The zero-order valence-corrected chi connectivity index (χ0v) is 9.37. The Labute approximate surface area is 93.7 Å². The highest BCUT2D eigenvalue weighted by Gasteiger charge is 2.09. The van der Waals surface area contributed by atoms with E-state index in [0.29, 0.717) is 11.3 Å². The van der Waals surface area contributed by atoms with Crippen LogP contribution >= 0.6 is 0 Å². The van der Waals surface area contributed by atoms with E-state index in [2.05, 4.69) is 4.98 Å². The van der Waals surface area contributed by atoms with Crippen molar-refractivity contribution in [1.29, 1.82) is 0 Å². The summed E-state index contributed by atoms with van der Waals surface area (Å²) >= 11 is 0. The van der Waals surface area contributed by atoms with Crippen molar-refractivity contribution in [2.75, 3.05) is 5.73 Å². The first-order valence-corrected chi connectivity index (χ1v) is 5.21. The maximum absolute atomic E-state index is 13.3. The molecule has 1 aromatic carbocycles. The van der Waals surface area contributed by atoms with Crippen molar-refractivity contribution in [2.45, 2.75) is 20.3 Å². The second-order valence-electron chi connectivity index (χ2n) is 3.73. The highest BCUT2D eigenvalue weighted by atomic mass is 19.1. The molecule has 16 heavy (non-hydrogen) atoms. The number of hydrogen-bond acceptors (Lipinski definition) is 2. The number of halogens is 1. The number of rotatable bonds is 2. The molecule has 0 radical (unpaired) electrons. The number of hydrogen-bond donors (Lipinski definition) is 1. The van der Waals surface area contributed by atoms with Gasteiger partial charge in [-0.15, -0.1) is 0 Å². The Hall–Kier alpha value is -1.84. The summed E-state index contributed by atoms with van der Waals surface area (Å²) in [5.74, 6) is 0.636. The second kappa shape index (κ2) is 3.96. The highest BCUT2D eigenvalue weighted by molar-refractivity contribution is 5.59. The number of nitrogens with two attached hydrogens (primary N) is 1. The van der Waals surface area contributed by atoms with Crippen molar-refractivity contribution >= 4 is 5.69 Å². The fraction of sp³-hybridized carbons (Fsp3) is 0.250. The Morgan fingerprint density at radius 3 is 2.88 bits per heavy atom. The predicted octanol–water partition coefficient (Wildman–Crippen LogP) is 2.46. The van der Waals surface area contributed by atoms with E-state index < -0.39 is 0 Å².